The van der Waals surface area contributed by atoms with Crippen LogP contribution in [0.4, 0.5) is 0 Å². The molecule has 1 amide bonds. The Hall–Kier alpha value is -0.910. The molecule has 1 saturated heterocycles. The fourth-order valence-electron chi connectivity index (χ4n) is 4.24. The van der Waals surface area contributed by atoms with Crippen molar-refractivity contribution in [3.05, 3.63) is 22.4 Å². The van der Waals surface area contributed by atoms with E-state index in [0.717, 1.165) is 19.4 Å². The van der Waals surface area contributed by atoms with Crippen LogP contribution in [0.3, 0.4) is 0 Å². The van der Waals surface area contributed by atoms with Crippen molar-refractivity contribution in [2.24, 2.45) is 17.1 Å². The number of ether oxygens (including phenoxy) is 1. The van der Waals surface area contributed by atoms with E-state index >= 15 is 0 Å². The highest BCUT2D eigenvalue weighted by Crippen LogP contribution is 2.57. The molecule has 1 aromatic rings. The van der Waals surface area contributed by atoms with Gasteiger partial charge in [-0.15, -0.1) is 11.3 Å². The van der Waals surface area contributed by atoms with Gasteiger partial charge in [0.2, 0.25) is 5.91 Å². The van der Waals surface area contributed by atoms with Crippen LogP contribution in [-0.4, -0.2) is 30.7 Å². The number of nitrogens with two attached hydrogens (primary N) is 1. The molecule has 1 aliphatic heterocycles. The number of fused-ring (bicyclic) bond motifs is 1. The molecule has 2 fully saturated rings. The van der Waals surface area contributed by atoms with E-state index in [4.69, 9.17) is 10.5 Å². The van der Waals surface area contributed by atoms with Gasteiger partial charge < -0.3 is 15.8 Å². The average molecular weight is 337 g/mol. The first kappa shape index (κ1) is 16.9. The number of hydrogen-bond donors (Lipinski definition) is 2. The second kappa shape index (κ2) is 5.57. The van der Waals surface area contributed by atoms with Crippen molar-refractivity contribution >= 4 is 17.2 Å². The molecule has 2 heterocycles. The Morgan fingerprint density at radius 3 is 2.91 bits per heavy atom. The third kappa shape index (κ3) is 2.44. The summed E-state index contributed by atoms with van der Waals surface area (Å²) in [6.45, 7) is 9.81. The number of thiophene rings is 1. The van der Waals surface area contributed by atoms with Gasteiger partial charge in [-0.25, -0.2) is 0 Å². The van der Waals surface area contributed by atoms with E-state index in [2.05, 4.69) is 44.5 Å². The number of carbonyl (C=O) groups excluding carboxylic acids is 1. The Kier molecular flexibility index (Phi) is 4.10. The lowest BCUT2D eigenvalue weighted by Gasteiger charge is -2.65. The third-order valence-corrected chi connectivity index (χ3v) is 7.18. The minimum atomic E-state index is -0.830. The van der Waals surface area contributed by atoms with Crippen molar-refractivity contribution in [1.82, 2.24) is 5.32 Å². The molecule has 1 aromatic heterocycles. The molecule has 0 radical (unpaired) electrons. The summed E-state index contributed by atoms with van der Waals surface area (Å²) < 4.78 is 5.88. The van der Waals surface area contributed by atoms with Gasteiger partial charge in [-0.05, 0) is 24.3 Å². The molecule has 4 nitrogen and oxygen atoms in total. The molecule has 0 spiro atoms. The summed E-state index contributed by atoms with van der Waals surface area (Å²) in [6.07, 6.45) is 2.08. The molecule has 1 saturated carbocycles. The SMILES string of the molecule is CC(C)(CNC(=O)C1(N)C2CCCOC2C1(C)C)c1cccs1. The molecular formula is C18H28N2O2S. The topological polar surface area (TPSA) is 64.4 Å². The molecule has 0 bridgehead atoms. The molecule has 3 unspecified atom stereocenters. The lowest BCUT2D eigenvalue weighted by Crippen LogP contribution is -2.82. The lowest BCUT2D eigenvalue weighted by molar-refractivity contribution is -0.225. The monoisotopic (exact) mass is 336 g/mol. The van der Waals surface area contributed by atoms with E-state index in [1.54, 1.807) is 11.3 Å². The summed E-state index contributed by atoms with van der Waals surface area (Å²) >= 11 is 1.72. The third-order valence-electron chi connectivity index (χ3n) is 5.94. The molecule has 1 aliphatic carbocycles. The summed E-state index contributed by atoms with van der Waals surface area (Å²) in [5, 5.41) is 5.20. The van der Waals surface area contributed by atoms with Gasteiger partial charge in [0, 0.05) is 34.8 Å². The maximum absolute atomic E-state index is 12.9. The normalized spacial score (nSPS) is 32.7. The zero-order valence-corrected chi connectivity index (χ0v) is 15.3. The zero-order valence-electron chi connectivity index (χ0n) is 14.5. The average Bonchev–Trinajstić information content (AvgIpc) is 3.07. The molecule has 3 N–H and O–H groups in total. The molecular weight excluding hydrogens is 308 g/mol. The highest BCUT2D eigenvalue weighted by atomic mass is 32.1. The van der Waals surface area contributed by atoms with Gasteiger partial charge in [-0.3, -0.25) is 4.79 Å². The van der Waals surface area contributed by atoms with Crippen molar-refractivity contribution in [3.63, 3.8) is 0 Å². The van der Waals surface area contributed by atoms with Crippen LogP contribution in [0, 0.1) is 11.3 Å². The lowest BCUT2D eigenvalue weighted by atomic mass is 9.46. The van der Waals surface area contributed by atoms with Crippen molar-refractivity contribution in [3.8, 4) is 0 Å². The van der Waals surface area contributed by atoms with Gasteiger partial charge in [0.1, 0.15) is 5.54 Å². The van der Waals surface area contributed by atoms with Crippen molar-refractivity contribution in [1.29, 1.82) is 0 Å². The van der Waals surface area contributed by atoms with Crippen LogP contribution in [0.5, 0.6) is 0 Å². The van der Waals surface area contributed by atoms with E-state index in [1.165, 1.54) is 4.88 Å². The summed E-state index contributed by atoms with van der Waals surface area (Å²) in [7, 11) is 0. The van der Waals surface area contributed by atoms with Gasteiger partial charge in [-0.2, -0.15) is 0 Å². The summed E-state index contributed by atoms with van der Waals surface area (Å²) in [5.74, 6) is 0.106. The fourth-order valence-corrected chi connectivity index (χ4v) is 5.09. The maximum Gasteiger partial charge on any atom is 0.241 e. The quantitative estimate of drug-likeness (QED) is 0.888. The highest BCUT2D eigenvalue weighted by Gasteiger charge is 2.70. The smallest absolute Gasteiger partial charge is 0.241 e. The first-order chi connectivity index (χ1) is 10.7. The summed E-state index contributed by atoms with van der Waals surface area (Å²) in [5.41, 5.74) is 5.40. The number of nitrogens with one attached hydrogen (secondary N) is 1. The van der Waals surface area contributed by atoms with Gasteiger partial charge >= 0.3 is 0 Å². The van der Waals surface area contributed by atoms with E-state index in [0.29, 0.717) is 6.54 Å². The zero-order chi connectivity index (χ0) is 16.9. The Morgan fingerprint density at radius 1 is 1.52 bits per heavy atom. The highest BCUT2D eigenvalue weighted by molar-refractivity contribution is 7.10. The Balaban J connectivity index is 1.70. The van der Waals surface area contributed by atoms with Crippen LogP contribution >= 0.6 is 11.3 Å². The second-order valence-corrected chi connectivity index (χ2v) is 9.12. The largest absolute Gasteiger partial charge is 0.377 e. The van der Waals surface area contributed by atoms with Crippen LogP contribution in [0.15, 0.2) is 17.5 Å². The Labute approximate surface area is 142 Å². The predicted molar refractivity (Wildman–Crippen MR) is 93.5 cm³/mol. The summed E-state index contributed by atoms with van der Waals surface area (Å²) in [6, 6.07) is 4.17. The van der Waals surface area contributed by atoms with Gasteiger partial charge in [-0.1, -0.05) is 33.8 Å². The van der Waals surface area contributed by atoms with Crippen LogP contribution in [0.2, 0.25) is 0 Å². The molecule has 128 valence electrons. The molecule has 0 aromatic carbocycles. The standard InChI is InChI=1S/C18H28N2O2S/c1-16(2,13-8-6-10-23-13)11-20-15(21)18(19)12-7-5-9-22-14(12)17(18,3)4/h6,8,10,12,14H,5,7,9,11,19H2,1-4H3,(H,20,21). The van der Waals surface area contributed by atoms with Crippen molar-refractivity contribution < 1.29 is 9.53 Å². The Morgan fingerprint density at radius 2 is 2.26 bits per heavy atom. The maximum atomic E-state index is 12.9. The van der Waals surface area contributed by atoms with E-state index in [9.17, 15) is 4.79 Å². The van der Waals surface area contributed by atoms with E-state index in [1.807, 2.05) is 6.07 Å². The second-order valence-electron chi connectivity index (χ2n) is 8.17. The van der Waals surface area contributed by atoms with Crippen LogP contribution in [0.25, 0.3) is 0 Å². The predicted octanol–water partition coefficient (Wildman–Crippen LogP) is 2.67. The summed E-state index contributed by atoms with van der Waals surface area (Å²) in [4.78, 5) is 14.2. The van der Waals surface area contributed by atoms with Gasteiger partial charge in [0.15, 0.2) is 0 Å². The molecule has 2 aliphatic rings. The number of amides is 1. The van der Waals surface area contributed by atoms with Crippen LogP contribution < -0.4 is 11.1 Å². The van der Waals surface area contributed by atoms with E-state index in [-0.39, 0.29) is 28.8 Å². The first-order valence-corrected chi connectivity index (χ1v) is 9.32. The Bertz CT molecular complexity index is 582. The van der Waals surface area contributed by atoms with E-state index < -0.39 is 5.54 Å². The fraction of sp³-hybridized carbons (Fsp3) is 0.722. The van der Waals surface area contributed by atoms with Crippen molar-refractivity contribution in [2.75, 3.05) is 13.2 Å². The van der Waals surface area contributed by atoms with Crippen LogP contribution in [0.1, 0.15) is 45.4 Å². The first-order valence-electron chi connectivity index (χ1n) is 8.44. The minimum Gasteiger partial charge on any atom is -0.377 e. The molecule has 5 heteroatoms. The molecule has 3 rings (SSSR count). The molecule has 23 heavy (non-hydrogen) atoms. The van der Waals surface area contributed by atoms with Crippen LogP contribution in [-0.2, 0) is 14.9 Å². The van der Waals surface area contributed by atoms with Gasteiger partial charge in [0.25, 0.3) is 0 Å². The van der Waals surface area contributed by atoms with Crippen molar-refractivity contribution in [2.45, 2.75) is 57.6 Å². The number of hydrogen-bond acceptors (Lipinski definition) is 4. The minimum absolute atomic E-state index is 0.0288. The molecule has 3 atom stereocenters. The van der Waals surface area contributed by atoms with Gasteiger partial charge in [0.05, 0.1) is 6.10 Å². The number of carbonyl (C=O) groups is 1. The number of rotatable bonds is 4.